The van der Waals surface area contributed by atoms with Crippen molar-refractivity contribution in [1.29, 1.82) is 0 Å². The molecule has 0 saturated heterocycles. The summed E-state index contributed by atoms with van der Waals surface area (Å²) in [6.07, 6.45) is 5.49. The highest BCUT2D eigenvalue weighted by Crippen LogP contribution is 2.45. The summed E-state index contributed by atoms with van der Waals surface area (Å²) >= 11 is 1.29. The maximum Gasteiger partial charge on any atom is 0.307 e. The van der Waals surface area contributed by atoms with Crippen molar-refractivity contribution in [2.45, 2.75) is 26.7 Å². The molecule has 1 heterocycles. The Labute approximate surface area is 143 Å². The van der Waals surface area contributed by atoms with Gasteiger partial charge >= 0.3 is 5.97 Å². The lowest BCUT2D eigenvalue weighted by molar-refractivity contribution is -0.151. The molecule has 2 amide bonds. The largest absolute Gasteiger partial charge is 0.481 e. The van der Waals surface area contributed by atoms with Gasteiger partial charge in [-0.05, 0) is 44.1 Å². The number of thiophene rings is 1. The first-order chi connectivity index (χ1) is 11.3. The SMILES string of the molecule is Cc1sc(NC(=O)C2C3C=CC(CC3)C2C(=O)O)c(C(N)=O)c1C. The number of allylic oxidation sites excluding steroid dienone is 2. The molecule has 2 bridgehead atoms. The van der Waals surface area contributed by atoms with Gasteiger partial charge in [-0.2, -0.15) is 0 Å². The molecule has 4 rings (SSSR count). The number of anilines is 1. The van der Waals surface area contributed by atoms with Crippen molar-refractivity contribution in [3.63, 3.8) is 0 Å². The number of hydrogen-bond acceptors (Lipinski definition) is 4. The van der Waals surface area contributed by atoms with E-state index in [0.29, 0.717) is 10.6 Å². The van der Waals surface area contributed by atoms with Crippen LogP contribution < -0.4 is 11.1 Å². The summed E-state index contributed by atoms with van der Waals surface area (Å²) in [5, 5.41) is 12.7. The Morgan fingerprint density at radius 3 is 2.25 bits per heavy atom. The molecule has 6 nitrogen and oxygen atoms in total. The zero-order valence-electron chi connectivity index (χ0n) is 13.5. The summed E-state index contributed by atoms with van der Waals surface area (Å²) in [4.78, 5) is 37.1. The lowest BCUT2D eigenvalue weighted by Gasteiger charge is -2.41. The number of carboxylic acids is 1. The van der Waals surface area contributed by atoms with Crippen LogP contribution in [0.25, 0.3) is 0 Å². The molecule has 1 aromatic rings. The first-order valence-electron chi connectivity index (χ1n) is 7.93. The van der Waals surface area contributed by atoms with Crippen molar-refractivity contribution in [2.24, 2.45) is 29.4 Å². The van der Waals surface area contributed by atoms with E-state index in [0.717, 1.165) is 23.3 Å². The second kappa shape index (κ2) is 6.05. The summed E-state index contributed by atoms with van der Waals surface area (Å²) in [7, 11) is 0. The van der Waals surface area contributed by atoms with Crippen molar-refractivity contribution >= 4 is 34.1 Å². The lowest BCUT2D eigenvalue weighted by atomic mass is 9.62. The van der Waals surface area contributed by atoms with Gasteiger partial charge < -0.3 is 16.2 Å². The average Bonchev–Trinajstić information content (AvgIpc) is 2.81. The molecular weight excluding hydrogens is 328 g/mol. The number of carbonyl (C=O) groups is 3. The van der Waals surface area contributed by atoms with Gasteiger partial charge in [0.15, 0.2) is 0 Å². The molecule has 4 N–H and O–H groups in total. The number of primary amides is 1. The normalized spacial score (nSPS) is 27.9. The van der Waals surface area contributed by atoms with Gasteiger partial charge in [-0.25, -0.2) is 0 Å². The number of nitrogens with two attached hydrogens (primary N) is 1. The first kappa shape index (κ1) is 16.7. The Hall–Kier alpha value is -2.15. The molecule has 4 unspecified atom stereocenters. The minimum atomic E-state index is -0.942. The summed E-state index contributed by atoms with van der Waals surface area (Å²) in [6, 6.07) is 0. The minimum absolute atomic E-state index is 0.0738. The van der Waals surface area contributed by atoms with E-state index in [9.17, 15) is 19.5 Å². The second-order valence-electron chi connectivity index (χ2n) is 6.52. The number of nitrogens with one attached hydrogen (secondary N) is 1. The molecule has 0 radical (unpaired) electrons. The van der Waals surface area contributed by atoms with E-state index in [4.69, 9.17) is 5.73 Å². The third-order valence-corrected chi connectivity index (χ3v) is 6.33. The van der Waals surface area contributed by atoms with Gasteiger partial charge in [-0.1, -0.05) is 12.2 Å². The monoisotopic (exact) mass is 348 g/mol. The van der Waals surface area contributed by atoms with Gasteiger partial charge in [0, 0.05) is 4.88 Å². The molecule has 0 aromatic carbocycles. The van der Waals surface area contributed by atoms with Crippen molar-refractivity contribution in [2.75, 3.05) is 5.32 Å². The first-order valence-corrected chi connectivity index (χ1v) is 8.74. The minimum Gasteiger partial charge on any atom is -0.481 e. The molecule has 3 aliphatic rings. The molecule has 0 spiro atoms. The lowest BCUT2D eigenvalue weighted by Crippen LogP contribution is -2.47. The van der Waals surface area contributed by atoms with Gasteiger partial charge in [0.25, 0.3) is 5.91 Å². The molecule has 1 saturated carbocycles. The van der Waals surface area contributed by atoms with E-state index in [1.165, 1.54) is 11.3 Å². The van der Waals surface area contributed by atoms with Crippen molar-refractivity contribution in [3.05, 3.63) is 28.2 Å². The Balaban J connectivity index is 1.90. The standard InChI is InChI=1S/C17H20N2O4S/c1-7-8(2)24-16(11(7)14(18)20)19-15(21)12-9-3-5-10(6-4-9)13(12)17(22)23/h3,5,9-10,12-13H,4,6H2,1-2H3,(H2,18,20)(H,19,21)(H,22,23). The zero-order valence-corrected chi connectivity index (χ0v) is 14.4. The fourth-order valence-electron chi connectivity index (χ4n) is 3.90. The Morgan fingerprint density at radius 1 is 1.17 bits per heavy atom. The van der Waals surface area contributed by atoms with Gasteiger partial charge in [-0.15, -0.1) is 11.3 Å². The van der Waals surface area contributed by atoms with E-state index in [1.54, 1.807) is 6.92 Å². The predicted molar refractivity (Wildman–Crippen MR) is 90.9 cm³/mol. The summed E-state index contributed by atoms with van der Waals surface area (Å²) in [5.41, 5.74) is 6.50. The molecule has 0 aliphatic heterocycles. The van der Waals surface area contributed by atoms with Crippen molar-refractivity contribution < 1.29 is 19.5 Å². The van der Waals surface area contributed by atoms with E-state index >= 15 is 0 Å². The van der Waals surface area contributed by atoms with Crippen molar-refractivity contribution in [1.82, 2.24) is 0 Å². The Morgan fingerprint density at radius 2 is 1.75 bits per heavy atom. The van der Waals surface area contributed by atoms with Gasteiger partial charge in [0.2, 0.25) is 5.91 Å². The maximum atomic E-state index is 12.8. The number of hydrogen-bond donors (Lipinski definition) is 3. The molecule has 24 heavy (non-hydrogen) atoms. The third kappa shape index (κ3) is 2.62. The Bertz CT molecular complexity index is 752. The number of fused-ring (bicyclic) bond motifs is 2. The van der Waals surface area contributed by atoms with Crippen LogP contribution in [-0.2, 0) is 9.59 Å². The van der Waals surface area contributed by atoms with Crippen LogP contribution in [0.15, 0.2) is 12.2 Å². The molecule has 4 atom stereocenters. The van der Waals surface area contributed by atoms with Crippen LogP contribution in [0, 0.1) is 37.5 Å². The number of rotatable bonds is 4. The quantitative estimate of drug-likeness (QED) is 0.725. The fourth-order valence-corrected chi connectivity index (χ4v) is 4.96. The highest BCUT2D eigenvalue weighted by Gasteiger charge is 2.48. The van der Waals surface area contributed by atoms with Crippen LogP contribution in [0.3, 0.4) is 0 Å². The van der Waals surface area contributed by atoms with E-state index in [2.05, 4.69) is 5.32 Å². The summed E-state index contributed by atoms with van der Waals surface area (Å²) < 4.78 is 0. The molecule has 3 aliphatic carbocycles. The number of amides is 2. The zero-order chi connectivity index (χ0) is 17.6. The second-order valence-corrected chi connectivity index (χ2v) is 7.75. The molecule has 1 fully saturated rings. The van der Waals surface area contributed by atoms with E-state index in [1.807, 2.05) is 19.1 Å². The fraction of sp³-hybridized carbons (Fsp3) is 0.471. The highest BCUT2D eigenvalue weighted by atomic mass is 32.1. The van der Waals surface area contributed by atoms with Crippen LogP contribution in [0.4, 0.5) is 5.00 Å². The van der Waals surface area contributed by atoms with E-state index < -0.39 is 23.7 Å². The van der Waals surface area contributed by atoms with Gasteiger partial charge in [0.05, 0.1) is 17.4 Å². The summed E-state index contributed by atoms with van der Waals surface area (Å²) in [6.45, 7) is 3.64. The molecule has 1 aromatic heterocycles. The van der Waals surface area contributed by atoms with Crippen LogP contribution >= 0.6 is 11.3 Å². The summed E-state index contributed by atoms with van der Waals surface area (Å²) in [5.74, 6) is -3.39. The van der Waals surface area contributed by atoms with Crippen LogP contribution in [0.5, 0.6) is 0 Å². The average molecular weight is 348 g/mol. The molecule has 128 valence electrons. The van der Waals surface area contributed by atoms with E-state index in [-0.39, 0.29) is 17.7 Å². The van der Waals surface area contributed by atoms with Gasteiger partial charge in [-0.3, -0.25) is 14.4 Å². The third-order valence-electron chi connectivity index (χ3n) is 5.20. The van der Waals surface area contributed by atoms with Gasteiger partial charge in [0.1, 0.15) is 5.00 Å². The number of carboxylic acid groups (broad SMARTS) is 1. The number of carbonyl (C=O) groups excluding carboxylic acids is 2. The maximum absolute atomic E-state index is 12.8. The van der Waals surface area contributed by atoms with Crippen LogP contribution in [0.1, 0.15) is 33.6 Å². The van der Waals surface area contributed by atoms with Crippen molar-refractivity contribution in [3.8, 4) is 0 Å². The number of aryl methyl sites for hydroxylation is 1. The Kier molecular flexibility index (Phi) is 4.21. The van der Waals surface area contributed by atoms with Crippen LogP contribution in [0.2, 0.25) is 0 Å². The van der Waals surface area contributed by atoms with Crippen LogP contribution in [-0.4, -0.2) is 22.9 Å². The predicted octanol–water partition coefficient (Wildman–Crippen LogP) is 2.32. The number of aliphatic carboxylic acids is 1. The smallest absolute Gasteiger partial charge is 0.307 e. The molecular formula is C17H20N2O4S. The molecule has 7 heteroatoms. The topological polar surface area (TPSA) is 109 Å². The highest BCUT2D eigenvalue weighted by molar-refractivity contribution is 7.16.